The molecule has 0 fully saturated rings. The zero-order chi connectivity index (χ0) is 20.2. The summed E-state index contributed by atoms with van der Waals surface area (Å²) >= 11 is 9.95. The van der Waals surface area contributed by atoms with Gasteiger partial charge in [0.05, 0.1) is 5.69 Å². The molecule has 0 aliphatic carbocycles. The van der Waals surface area contributed by atoms with E-state index in [2.05, 4.69) is 32.7 Å². The molecular formula is C19H15N5OS4. The van der Waals surface area contributed by atoms with E-state index in [0.717, 1.165) is 20.8 Å². The predicted molar refractivity (Wildman–Crippen MR) is 121 cm³/mol. The second-order valence-corrected chi connectivity index (χ2v) is 9.97. The van der Waals surface area contributed by atoms with E-state index in [1.165, 1.54) is 28.2 Å². The van der Waals surface area contributed by atoms with E-state index in [1.807, 2.05) is 37.3 Å². The molecule has 0 saturated carbocycles. The van der Waals surface area contributed by atoms with Gasteiger partial charge in [0.25, 0.3) is 5.91 Å². The maximum atomic E-state index is 12.3. The Morgan fingerprint density at radius 1 is 1.10 bits per heavy atom. The van der Waals surface area contributed by atoms with Crippen LogP contribution in [0.25, 0.3) is 5.69 Å². The van der Waals surface area contributed by atoms with Crippen molar-refractivity contribution in [2.24, 2.45) is 0 Å². The molecule has 0 bridgehead atoms. The lowest BCUT2D eigenvalue weighted by Gasteiger charge is -2.04. The number of hydrogen-bond donors (Lipinski definition) is 1. The van der Waals surface area contributed by atoms with Gasteiger partial charge in [-0.25, -0.2) is 4.68 Å². The molecule has 10 heteroatoms. The number of anilines is 1. The standard InChI is InChI=1S/C19H15N5OS4/c1-12-21-22-17(28-12)20-16(25)14-7-9-15(10-8-14)24-19(26)29-18(23-24)27-11-13-5-3-2-4-6-13/h2-10H,11H2,1H3,(H,20,22,25). The second kappa shape index (κ2) is 8.95. The van der Waals surface area contributed by atoms with Gasteiger partial charge in [-0.15, -0.1) is 15.3 Å². The Bertz CT molecular complexity index is 1180. The van der Waals surface area contributed by atoms with E-state index in [9.17, 15) is 4.79 Å². The highest BCUT2D eigenvalue weighted by Gasteiger charge is 2.11. The van der Waals surface area contributed by atoms with Crippen molar-refractivity contribution in [3.05, 3.63) is 74.7 Å². The van der Waals surface area contributed by atoms with E-state index in [4.69, 9.17) is 12.2 Å². The van der Waals surface area contributed by atoms with Crippen molar-refractivity contribution in [2.45, 2.75) is 17.0 Å². The van der Waals surface area contributed by atoms with Gasteiger partial charge in [-0.3, -0.25) is 10.1 Å². The monoisotopic (exact) mass is 457 g/mol. The lowest BCUT2D eigenvalue weighted by Crippen LogP contribution is -2.11. The van der Waals surface area contributed by atoms with Crippen LogP contribution in [-0.4, -0.2) is 25.9 Å². The molecule has 4 rings (SSSR count). The number of amides is 1. The summed E-state index contributed by atoms with van der Waals surface area (Å²) in [5.74, 6) is 0.613. The van der Waals surface area contributed by atoms with E-state index < -0.39 is 0 Å². The van der Waals surface area contributed by atoms with Crippen LogP contribution in [0.5, 0.6) is 0 Å². The summed E-state index contributed by atoms with van der Waals surface area (Å²) < 4.78 is 3.30. The largest absolute Gasteiger partial charge is 0.296 e. The minimum absolute atomic E-state index is 0.228. The van der Waals surface area contributed by atoms with Gasteiger partial charge in [-0.05, 0) is 49.0 Å². The lowest BCUT2D eigenvalue weighted by atomic mass is 10.2. The summed E-state index contributed by atoms with van der Waals surface area (Å²) in [5.41, 5.74) is 2.59. The molecule has 4 aromatic rings. The summed E-state index contributed by atoms with van der Waals surface area (Å²) in [6, 6.07) is 17.4. The second-order valence-electron chi connectivity index (χ2n) is 5.95. The molecular weight excluding hydrogens is 443 g/mol. The molecule has 6 nitrogen and oxygen atoms in total. The molecule has 0 aliphatic heterocycles. The minimum atomic E-state index is -0.228. The van der Waals surface area contributed by atoms with Crippen molar-refractivity contribution >= 4 is 57.7 Å². The van der Waals surface area contributed by atoms with Gasteiger partial charge in [0, 0.05) is 11.3 Å². The van der Waals surface area contributed by atoms with E-state index in [1.54, 1.807) is 28.6 Å². The third kappa shape index (κ3) is 4.96. The molecule has 0 aliphatic rings. The van der Waals surface area contributed by atoms with Crippen LogP contribution in [0.3, 0.4) is 0 Å². The maximum absolute atomic E-state index is 12.3. The number of nitrogens with zero attached hydrogens (tertiary/aromatic N) is 4. The van der Waals surface area contributed by atoms with Gasteiger partial charge >= 0.3 is 0 Å². The molecule has 146 valence electrons. The van der Waals surface area contributed by atoms with Crippen molar-refractivity contribution in [1.29, 1.82) is 0 Å². The fraction of sp³-hybridized carbons (Fsp3) is 0.105. The topological polar surface area (TPSA) is 72.7 Å². The van der Waals surface area contributed by atoms with Gasteiger partial charge < -0.3 is 0 Å². The molecule has 2 aromatic carbocycles. The summed E-state index contributed by atoms with van der Waals surface area (Å²) in [6.07, 6.45) is 0. The Balaban J connectivity index is 1.45. The molecule has 0 radical (unpaired) electrons. The fourth-order valence-electron chi connectivity index (χ4n) is 2.47. The van der Waals surface area contributed by atoms with Gasteiger partial charge in [0.15, 0.2) is 8.29 Å². The molecule has 2 aromatic heterocycles. The van der Waals surface area contributed by atoms with Gasteiger partial charge in [0.1, 0.15) is 5.01 Å². The van der Waals surface area contributed by atoms with Crippen LogP contribution in [0.4, 0.5) is 5.13 Å². The Morgan fingerprint density at radius 3 is 2.55 bits per heavy atom. The van der Waals surface area contributed by atoms with Crippen molar-refractivity contribution < 1.29 is 4.79 Å². The average molecular weight is 458 g/mol. The number of hydrogen-bond acceptors (Lipinski definition) is 8. The van der Waals surface area contributed by atoms with Crippen LogP contribution < -0.4 is 5.32 Å². The van der Waals surface area contributed by atoms with Gasteiger partial charge in [0.2, 0.25) is 5.13 Å². The first-order valence-electron chi connectivity index (χ1n) is 8.57. The summed E-state index contributed by atoms with van der Waals surface area (Å²) in [5, 5.41) is 16.5. The molecule has 0 spiro atoms. The fourth-order valence-corrected chi connectivity index (χ4v) is 5.38. The molecule has 1 amide bonds. The number of aromatic nitrogens is 4. The van der Waals surface area contributed by atoms with E-state index in [0.29, 0.717) is 14.6 Å². The van der Waals surface area contributed by atoms with Crippen molar-refractivity contribution in [1.82, 2.24) is 20.0 Å². The first-order chi connectivity index (χ1) is 14.1. The smallest absolute Gasteiger partial charge is 0.257 e. The number of thioether (sulfide) groups is 1. The summed E-state index contributed by atoms with van der Waals surface area (Å²) in [7, 11) is 0. The third-order valence-corrected chi connectivity index (χ3v) is 7.05. The molecule has 0 unspecified atom stereocenters. The van der Waals surface area contributed by atoms with E-state index in [-0.39, 0.29) is 5.91 Å². The summed E-state index contributed by atoms with van der Waals surface area (Å²) in [6.45, 7) is 1.84. The number of carbonyl (C=O) groups is 1. The summed E-state index contributed by atoms with van der Waals surface area (Å²) in [4.78, 5) is 12.3. The number of aryl methyl sites for hydroxylation is 1. The normalized spacial score (nSPS) is 10.8. The average Bonchev–Trinajstić information content (AvgIpc) is 3.32. The van der Waals surface area contributed by atoms with Crippen molar-refractivity contribution in [3.8, 4) is 5.69 Å². The number of nitrogens with one attached hydrogen (secondary N) is 1. The highest BCUT2D eigenvalue weighted by Crippen LogP contribution is 2.27. The SMILES string of the molecule is Cc1nnc(NC(=O)c2ccc(-n3nc(SCc4ccccc4)sc3=S)cc2)s1. The zero-order valence-corrected chi connectivity index (χ0v) is 18.5. The van der Waals surface area contributed by atoms with Gasteiger partial charge in [-0.2, -0.15) is 0 Å². The third-order valence-electron chi connectivity index (χ3n) is 3.85. The van der Waals surface area contributed by atoms with Crippen molar-refractivity contribution in [3.63, 3.8) is 0 Å². The van der Waals surface area contributed by atoms with Crippen LogP contribution >= 0.6 is 46.7 Å². The predicted octanol–water partition coefficient (Wildman–Crippen LogP) is 5.37. The van der Waals surface area contributed by atoms with Crippen LogP contribution in [0, 0.1) is 10.9 Å². The van der Waals surface area contributed by atoms with Crippen molar-refractivity contribution in [2.75, 3.05) is 5.32 Å². The number of benzene rings is 2. The van der Waals surface area contributed by atoms with Gasteiger partial charge in [-0.1, -0.05) is 64.8 Å². The van der Waals surface area contributed by atoms with Crippen LogP contribution in [-0.2, 0) is 5.75 Å². The highest BCUT2D eigenvalue weighted by molar-refractivity contribution is 8.00. The van der Waals surface area contributed by atoms with E-state index >= 15 is 0 Å². The first kappa shape index (κ1) is 19.9. The molecule has 0 atom stereocenters. The minimum Gasteiger partial charge on any atom is -0.296 e. The quantitative estimate of drug-likeness (QED) is 0.310. The number of carbonyl (C=O) groups excluding carboxylic acids is 1. The van der Waals surface area contributed by atoms with Crippen LogP contribution in [0.15, 0.2) is 58.9 Å². The van der Waals surface area contributed by atoms with Crippen LogP contribution in [0.2, 0.25) is 0 Å². The Morgan fingerprint density at radius 2 is 1.86 bits per heavy atom. The highest BCUT2D eigenvalue weighted by atomic mass is 32.2. The molecule has 29 heavy (non-hydrogen) atoms. The maximum Gasteiger partial charge on any atom is 0.257 e. The zero-order valence-electron chi connectivity index (χ0n) is 15.2. The Labute approximate surface area is 184 Å². The molecule has 1 N–H and O–H groups in total. The molecule has 0 saturated heterocycles. The Kier molecular flexibility index (Phi) is 6.14. The lowest BCUT2D eigenvalue weighted by molar-refractivity contribution is 0.102. The molecule has 2 heterocycles. The number of rotatable bonds is 6. The Hall–Kier alpha value is -2.40. The first-order valence-corrected chi connectivity index (χ1v) is 11.6. The van der Waals surface area contributed by atoms with Crippen LogP contribution in [0.1, 0.15) is 20.9 Å².